The lowest BCUT2D eigenvalue weighted by Gasteiger charge is -2.26. The van der Waals surface area contributed by atoms with Crippen LogP contribution in [0.5, 0.6) is 0 Å². The van der Waals surface area contributed by atoms with Gasteiger partial charge in [0.25, 0.3) is 0 Å². The zero-order valence-corrected chi connectivity index (χ0v) is 15.0. The lowest BCUT2D eigenvalue weighted by Crippen LogP contribution is -2.36. The quantitative estimate of drug-likeness (QED) is 0.656. The van der Waals surface area contributed by atoms with Gasteiger partial charge in [-0.2, -0.15) is 4.31 Å². The van der Waals surface area contributed by atoms with Crippen LogP contribution in [0.2, 0.25) is 0 Å². The molecule has 5 nitrogen and oxygen atoms in total. The molecule has 1 fully saturated rings. The van der Waals surface area contributed by atoms with Crippen LogP contribution in [-0.4, -0.2) is 31.7 Å². The van der Waals surface area contributed by atoms with Gasteiger partial charge in [-0.05, 0) is 44.4 Å². The van der Waals surface area contributed by atoms with Crippen molar-refractivity contribution in [1.82, 2.24) is 4.31 Å². The number of nitrogens with zero attached hydrogens (tertiary/aromatic N) is 1. The van der Waals surface area contributed by atoms with Gasteiger partial charge in [0.2, 0.25) is 15.9 Å². The minimum Gasteiger partial charge on any atom is -0.322 e. The first-order valence-corrected chi connectivity index (χ1v) is 9.60. The summed E-state index contributed by atoms with van der Waals surface area (Å²) in [7, 11) is -3.52. The fourth-order valence-electron chi connectivity index (χ4n) is 2.64. The van der Waals surface area contributed by atoms with Gasteiger partial charge in [0.15, 0.2) is 0 Å². The van der Waals surface area contributed by atoms with Crippen molar-refractivity contribution in [3.8, 4) is 0 Å². The number of sulfonamides is 1. The van der Waals surface area contributed by atoms with E-state index in [-0.39, 0.29) is 10.8 Å². The highest BCUT2D eigenvalue weighted by atomic mass is 32.2. The summed E-state index contributed by atoms with van der Waals surface area (Å²) < 4.78 is 27.2. The second kappa shape index (κ2) is 8.26. The molecule has 6 heteroatoms. The summed E-state index contributed by atoms with van der Waals surface area (Å²) >= 11 is 0. The molecule has 0 spiro atoms. The fourth-order valence-corrected chi connectivity index (χ4v) is 4.41. The van der Waals surface area contributed by atoms with E-state index in [0.717, 1.165) is 19.3 Å². The Labute approximate surface area is 144 Å². The number of allylic oxidation sites excluding steroid dienone is 3. The monoisotopic (exact) mass is 348 g/mol. The molecule has 130 valence electrons. The van der Waals surface area contributed by atoms with Gasteiger partial charge in [0.1, 0.15) is 0 Å². The SMILES string of the molecule is C/C=C/C=C/C(=O)Nc1ccc(C)c(S(=O)(=O)N2CCCCC2)c1. The van der Waals surface area contributed by atoms with Gasteiger partial charge in [-0.15, -0.1) is 0 Å². The third-order valence-electron chi connectivity index (χ3n) is 3.94. The molecule has 1 heterocycles. The molecule has 0 unspecified atom stereocenters. The Hall–Kier alpha value is -1.92. The molecular weight excluding hydrogens is 324 g/mol. The number of aryl methyl sites for hydroxylation is 1. The van der Waals surface area contributed by atoms with E-state index >= 15 is 0 Å². The summed E-state index contributed by atoms with van der Waals surface area (Å²) in [6.45, 7) is 4.75. The molecule has 1 N–H and O–H groups in total. The van der Waals surface area contributed by atoms with Crippen LogP contribution in [0.15, 0.2) is 47.4 Å². The average Bonchev–Trinajstić information content (AvgIpc) is 2.57. The first-order valence-electron chi connectivity index (χ1n) is 8.16. The number of carbonyl (C=O) groups is 1. The smallest absolute Gasteiger partial charge is 0.248 e. The molecule has 1 saturated heterocycles. The van der Waals surface area contributed by atoms with E-state index in [1.54, 1.807) is 37.3 Å². The van der Waals surface area contributed by atoms with Gasteiger partial charge in [-0.1, -0.05) is 30.7 Å². The van der Waals surface area contributed by atoms with E-state index in [2.05, 4.69) is 5.32 Å². The highest BCUT2D eigenvalue weighted by molar-refractivity contribution is 7.89. The maximum Gasteiger partial charge on any atom is 0.248 e. The van der Waals surface area contributed by atoms with E-state index in [9.17, 15) is 13.2 Å². The lowest BCUT2D eigenvalue weighted by atomic mass is 10.2. The number of rotatable bonds is 5. The van der Waals surface area contributed by atoms with Crippen LogP contribution >= 0.6 is 0 Å². The number of amides is 1. The largest absolute Gasteiger partial charge is 0.322 e. The molecule has 1 aromatic carbocycles. The van der Waals surface area contributed by atoms with Gasteiger partial charge in [-0.25, -0.2) is 8.42 Å². The summed E-state index contributed by atoms with van der Waals surface area (Å²) in [4.78, 5) is 12.1. The van der Waals surface area contributed by atoms with Crippen LogP contribution in [0.25, 0.3) is 0 Å². The molecule has 24 heavy (non-hydrogen) atoms. The topological polar surface area (TPSA) is 66.5 Å². The van der Waals surface area contributed by atoms with Crippen molar-refractivity contribution in [1.29, 1.82) is 0 Å². The zero-order valence-electron chi connectivity index (χ0n) is 14.2. The molecule has 1 aliphatic heterocycles. The number of carbonyl (C=O) groups excluding carboxylic acids is 1. The molecule has 0 saturated carbocycles. The molecule has 1 amide bonds. The highest BCUT2D eigenvalue weighted by Crippen LogP contribution is 2.26. The Kier molecular flexibility index (Phi) is 6.34. The van der Waals surface area contributed by atoms with Crippen LogP contribution < -0.4 is 5.32 Å². The Morgan fingerprint density at radius 3 is 2.54 bits per heavy atom. The molecule has 0 atom stereocenters. The van der Waals surface area contributed by atoms with E-state index in [0.29, 0.717) is 24.3 Å². The number of nitrogens with one attached hydrogen (secondary N) is 1. The molecule has 0 aromatic heterocycles. The van der Waals surface area contributed by atoms with Gasteiger partial charge in [-0.3, -0.25) is 4.79 Å². The first kappa shape index (κ1) is 18.4. The molecule has 0 radical (unpaired) electrons. The summed E-state index contributed by atoms with van der Waals surface area (Å²) in [5.74, 6) is -0.293. The minimum atomic E-state index is -3.52. The van der Waals surface area contributed by atoms with Gasteiger partial charge in [0, 0.05) is 24.9 Å². The lowest BCUT2D eigenvalue weighted by molar-refractivity contribution is -0.111. The molecule has 1 aromatic rings. The van der Waals surface area contributed by atoms with Gasteiger partial charge in [0.05, 0.1) is 4.90 Å². The van der Waals surface area contributed by atoms with Crippen LogP contribution in [0.1, 0.15) is 31.7 Å². The highest BCUT2D eigenvalue weighted by Gasteiger charge is 2.27. The third kappa shape index (κ3) is 4.55. The Morgan fingerprint density at radius 2 is 1.88 bits per heavy atom. The summed E-state index contributed by atoms with van der Waals surface area (Å²) in [6.07, 6.45) is 9.46. The Balaban J connectivity index is 2.23. The Bertz CT molecular complexity index is 746. The van der Waals surface area contributed by atoms with Crippen molar-refractivity contribution in [2.75, 3.05) is 18.4 Å². The molecule has 2 rings (SSSR count). The van der Waals surface area contributed by atoms with Crippen molar-refractivity contribution in [2.24, 2.45) is 0 Å². The van der Waals surface area contributed by atoms with Crippen LogP contribution in [0.4, 0.5) is 5.69 Å². The normalized spacial score (nSPS) is 16.8. The van der Waals surface area contributed by atoms with Crippen molar-refractivity contribution in [2.45, 2.75) is 38.0 Å². The maximum atomic E-state index is 12.8. The summed E-state index contributed by atoms with van der Waals surface area (Å²) in [6, 6.07) is 4.98. The fraction of sp³-hybridized carbons (Fsp3) is 0.389. The predicted octanol–water partition coefficient (Wildman–Crippen LogP) is 3.24. The Morgan fingerprint density at radius 1 is 1.17 bits per heavy atom. The van der Waals surface area contributed by atoms with Crippen LogP contribution in [0.3, 0.4) is 0 Å². The molecule has 1 aliphatic rings. The number of hydrogen-bond acceptors (Lipinski definition) is 3. The van der Waals surface area contributed by atoms with Gasteiger partial charge < -0.3 is 5.32 Å². The second-order valence-electron chi connectivity index (χ2n) is 5.82. The molecule has 0 aliphatic carbocycles. The summed E-state index contributed by atoms with van der Waals surface area (Å²) in [5, 5.41) is 2.70. The van der Waals surface area contributed by atoms with Crippen molar-refractivity contribution in [3.05, 3.63) is 48.1 Å². The zero-order chi connectivity index (χ0) is 17.6. The van der Waals surface area contributed by atoms with Gasteiger partial charge >= 0.3 is 0 Å². The van der Waals surface area contributed by atoms with Crippen molar-refractivity contribution >= 4 is 21.6 Å². The van der Waals surface area contributed by atoms with E-state index in [1.807, 2.05) is 13.0 Å². The van der Waals surface area contributed by atoms with Crippen molar-refractivity contribution < 1.29 is 13.2 Å². The standard InChI is InChI=1S/C18H24N2O3S/c1-3-4-6-9-18(21)19-16-11-10-15(2)17(14-16)24(22,23)20-12-7-5-8-13-20/h3-4,6,9-11,14H,5,7-8,12-13H2,1-2H3,(H,19,21)/b4-3+,9-6+. The first-order chi connectivity index (χ1) is 11.4. The number of benzene rings is 1. The van der Waals surface area contributed by atoms with Crippen LogP contribution in [0, 0.1) is 6.92 Å². The van der Waals surface area contributed by atoms with Crippen molar-refractivity contribution in [3.63, 3.8) is 0 Å². The van der Waals surface area contributed by atoms with E-state index < -0.39 is 10.0 Å². The number of piperidine rings is 1. The number of anilines is 1. The molecule has 0 bridgehead atoms. The summed E-state index contributed by atoms with van der Waals surface area (Å²) in [5.41, 5.74) is 1.16. The number of hydrogen-bond donors (Lipinski definition) is 1. The minimum absolute atomic E-state index is 0.264. The second-order valence-corrected chi connectivity index (χ2v) is 7.73. The average molecular weight is 348 g/mol. The maximum absolute atomic E-state index is 12.8. The molecular formula is C18H24N2O3S. The third-order valence-corrected chi connectivity index (χ3v) is 5.98. The van der Waals surface area contributed by atoms with E-state index in [1.165, 1.54) is 10.4 Å². The predicted molar refractivity (Wildman–Crippen MR) is 96.4 cm³/mol. The van der Waals surface area contributed by atoms with Crippen LogP contribution in [-0.2, 0) is 14.8 Å². The van der Waals surface area contributed by atoms with E-state index in [4.69, 9.17) is 0 Å².